The summed E-state index contributed by atoms with van der Waals surface area (Å²) in [6, 6.07) is 5.86. The maximum Gasteiger partial charge on any atom is 0.146 e. The Balaban J connectivity index is 2.81. The summed E-state index contributed by atoms with van der Waals surface area (Å²) < 4.78 is 5.35. The molecule has 0 amide bonds. The highest BCUT2D eigenvalue weighted by molar-refractivity contribution is 6.31. The Morgan fingerprint density at radius 1 is 1.24 bits per heavy atom. The third-order valence-electron chi connectivity index (χ3n) is 2.88. The Bertz CT molecular complexity index is 564. The lowest BCUT2D eigenvalue weighted by molar-refractivity contribution is 0.419. The van der Waals surface area contributed by atoms with Crippen molar-refractivity contribution >= 4 is 22.5 Å². The molecule has 2 rings (SSSR count). The number of ether oxygens (including phenoxy) is 1. The van der Waals surface area contributed by atoms with Gasteiger partial charge in [-0.2, -0.15) is 0 Å². The fraction of sp³-hybridized carbons (Fsp3) is 0.357. The number of benzene rings is 1. The van der Waals surface area contributed by atoms with E-state index in [4.69, 9.17) is 16.3 Å². The van der Waals surface area contributed by atoms with E-state index < -0.39 is 0 Å². The molecule has 1 aromatic heterocycles. The molecule has 0 bridgehead atoms. The topological polar surface area (TPSA) is 22.1 Å². The summed E-state index contributed by atoms with van der Waals surface area (Å²) in [5.41, 5.74) is 3.15. The summed E-state index contributed by atoms with van der Waals surface area (Å²) >= 11 is 6.07. The van der Waals surface area contributed by atoms with Crippen molar-refractivity contribution in [2.24, 2.45) is 0 Å². The van der Waals surface area contributed by atoms with Crippen LogP contribution < -0.4 is 4.74 Å². The Kier molecular flexibility index (Phi) is 3.25. The van der Waals surface area contributed by atoms with Crippen LogP contribution >= 0.6 is 11.6 Å². The van der Waals surface area contributed by atoms with E-state index in [-0.39, 0.29) is 0 Å². The van der Waals surface area contributed by atoms with E-state index >= 15 is 0 Å². The normalized spacial score (nSPS) is 11.2. The Morgan fingerprint density at radius 3 is 2.53 bits per heavy atom. The van der Waals surface area contributed by atoms with Crippen molar-refractivity contribution in [3.8, 4) is 5.75 Å². The lowest BCUT2D eigenvalue weighted by atomic mass is 10.0. The fourth-order valence-electron chi connectivity index (χ4n) is 1.90. The van der Waals surface area contributed by atoms with E-state index in [1.54, 1.807) is 13.2 Å². The van der Waals surface area contributed by atoms with Gasteiger partial charge in [0.05, 0.1) is 7.11 Å². The molecule has 2 aromatic rings. The molecule has 1 aromatic carbocycles. The molecule has 2 nitrogen and oxygen atoms in total. The van der Waals surface area contributed by atoms with Gasteiger partial charge in [-0.25, -0.2) is 4.98 Å². The van der Waals surface area contributed by atoms with E-state index in [0.29, 0.717) is 10.9 Å². The summed E-state index contributed by atoms with van der Waals surface area (Å²) in [6.07, 6.45) is 0. The first-order chi connectivity index (χ1) is 8.02. The zero-order chi connectivity index (χ0) is 12.6. The number of hydrogen-bond donors (Lipinski definition) is 0. The lowest BCUT2D eigenvalue weighted by Crippen LogP contribution is -1.97. The summed E-state index contributed by atoms with van der Waals surface area (Å²) in [6.45, 7) is 6.34. The standard InChI is InChI=1S/C14H16ClNO/c1-8(2)12-5-9(3)11-6-10(15)7-13(17-4)14(11)16-12/h5-8H,1-4H3. The van der Waals surface area contributed by atoms with Crippen molar-refractivity contribution in [1.29, 1.82) is 0 Å². The highest BCUT2D eigenvalue weighted by Gasteiger charge is 2.11. The number of aryl methyl sites for hydroxylation is 1. The number of methoxy groups -OCH3 is 1. The van der Waals surface area contributed by atoms with Crippen LogP contribution in [-0.4, -0.2) is 12.1 Å². The van der Waals surface area contributed by atoms with Gasteiger partial charge < -0.3 is 4.74 Å². The number of aromatic nitrogens is 1. The molecule has 0 aliphatic carbocycles. The molecule has 1 heterocycles. The van der Waals surface area contributed by atoms with Gasteiger partial charge in [-0.15, -0.1) is 0 Å². The second-order valence-corrected chi connectivity index (χ2v) is 4.96. The molecule has 0 saturated carbocycles. The number of pyridine rings is 1. The molecule has 0 unspecified atom stereocenters. The van der Waals surface area contributed by atoms with Gasteiger partial charge in [0, 0.05) is 22.2 Å². The van der Waals surface area contributed by atoms with E-state index in [9.17, 15) is 0 Å². The van der Waals surface area contributed by atoms with E-state index in [2.05, 4.69) is 31.8 Å². The van der Waals surface area contributed by atoms with Gasteiger partial charge in [-0.3, -0.25) is 0 Å². The number of halogens is 1. The number of fused-ring (bicyclic) bond motifs is 1. The van der Waals surface area contributed by atoms with E-state index in [0.717, 1.165) is 22.3 Å². The molecular weight excluding hydrogens is 234 g/mol. The van der Waals surface area contributed by atoms with Crippen LogP contribution in [0.3, 0.4) is 0 Å². The molecule has 0 atom stereocenters. The van der Waals surface area contributed by atoms with Gasteiger partial charge in [-0.05, 0) is 30.5 Å². The maximum atomic E-state index is 6.07. The van der Waals surface area contributed by atoms with Crippen LogP contribution in [0.1, 0.15) is 31.0 Å². The second-order valence-electron chi connectivity index (χ2n) is 4.52. The molecule has 0 N–H and O–H groups in total. The molecule has 3 heteroatoms. The monoisotopic (exact) mass is 249 g/mol. The second kappa shape index (κ2) is 4.53. The lowest BCUT2D eigenvalue weighted by Gasteiger charge is -2.12. The number of hydrogen-bond acceptors (Lipinski definition) is 2. The third-order valence-corrected chi connectivity index (χ3v) is 3.10. The van der Waals surface area contributed by atoms with Gasteiger partial charge in [0.2, 0.25) is 0 Å². The zero-order valence-electron chi connectivity index (χ0n) is 10.5. The largest absolute Gasteiger partial charge is 0.494 e. The van der Waals surface area contributed by atoms with Crippen molar-refractivity contribution in [3.63, 3.8) is 0 Å². The van der Waals surface area contributed by atoms with Gasteiger partial charge in [0.1, 0.15) is 11.3 Å². The highest BCUT2D eigenvalue weighted by atomic mass is 35.5. The first kappa shape index (κ1) is 12.2. The average Bonchev–Trinajstić information content (AvgIpc) is 2.28. The van der Waals surface area contributed by atoms with Gasteiger partial charge >= 0.3 is 0 Å². The summed E-state index contributed by atoms with van der Waals surface area (Å²) in [7, 11) is 1.64. The molecule has 0 saturated heterocycles. The van der Waals surface area contributed by atoms with Crippen molar-refractivity contribution in [1.82, 2.24) is 4.98 Å². The SMILES string of the molecule is COc1cc(Cl)cc2c(C)cc(C(C)C)nc12. The smallest absolute Gasteiger partial charge is 0.146 e. The molecule has 0 aliphatic rings. The molecule has 0 radical (unpaired) electrons. The molecular formula is C14H16ClNO. The van der Waals surface area contributed by atoms with Crippen LogP contribution in [0.15, 0.2) is 18.2 Å². The summed E-state index contributed by atoms with van der Waals surface area (Å²) in [5.74, 6) is 1.14. The van der Waals surface area contributed by atoms with Crippen LogP contribution in [0, 0.1) is 6.92 Å². The van der Waals surface area contributed by atoms with Crippen molar-refractivity contribution in [3.05, 3.63) is 34.5 Å². The van der Waals surface area contributed by atoms with Crippen LogP contribution in [0.4, 0.5) is 0 Å². The van der Waals surface area contributed by atoms with Gasteiger partial charge in [-0.1, -0.05) is 25.4 Å². The zero-order valence-corrected chi connectivity index (χ0v) is 11.3. The van der Waals surface area contributed by atoms with Crippen molar-refractivity contribution in [2.75, 3.05) is 7.11 Å². The minimum Gasteiger partial charge on any atom is -0.494 e. The van der Waals surface area contributed by atoms with Crippen molar-refractivity contribution in [2.45, 2.75) is 26.7 Å². The highest BCUT2D eigenvalue weighted by Crippen LogP contribution is 2.31. The molecule has 0 spiro atoms. The quantitative estimate of drug-likeness (QED) is 0.790. The van der Waals surface area contributed by atoms with Gasteiger partial charge in [0.25, 0.3) is 0 Å². The fourth-order valence-corrected chi connectivity index (χ4v) is 2.11. The van der Waals surface area contributed by atoms with Crippen molar-refractivity contribution < 1.29 is 4.74 Å². The summed E-state index contributed by atoms with van der Waals surface area (Å²) in [4.78, 5) is 4.66. The average molecular weight is 250 g/mol. The molecule has 17 heavy (non-hydrogen) atoms. The molecule has 0 aliphatic heterocycles. The molecule has 90 valence electrons. The van der Waals surface area contributed by atoms with E-state index in [1.165, 1.54) is 5.56 Å². The Morgan fingerprint density at radius 2 is 1.94 bits per heavy atom. The van der Waals surface area contributed by atoms with Gasteiger partial charge in [0.15, 0.2) is 0 Å². The Hall–Kier alpha value is -1.28. The predicted octanol–water partition coefficient (Wildman–Crippen LogP) is 4.33. The number of nitrogens with zero attached hydrogens (tertiary/aromatic N) is 1. The van der Waals surface area contributed by atoms with Crippen LogP contribution in [0.25, 0.3) is 10.9 Å². The van der Waals surface area contributed by atoms with Crippen LogP contribution in [-0.2, 0) is 0 Å². The Labute approximate surface area is 107 Å². The first-order valence-electron chi connectivity index (χ1n) is 5.67. The van der Waals surface area contributed by atoms with Crippen LogP contribution in [0.5, 0.6) is 5.75 Å². The minimum atomic E-state index is 0.401. The third kappa shape index (κ3) is 2.22. The first-order valence-corrected chi connectivity index (χ1v) is 6.05. The maximum absolute atomic E-state index is 6.07. The predicted molar refractivity (Wildman–Crippen MR) is 72.1 cm³/mol. The summed E-state index contributed by atoms with van der Waals surface area (Å²) in [5, 5.41) is 1.73. The number of rotatable bonds is 2. The minimum absolute atomic E-state index is 0.401. The van der Waals surface area contributed by atoms with Crippen LogP contribution in [0.2, 0.25) is 5.02 Å². The molecule has 0 fully saturated rings. The van der Waals surface area contributed by atoms with E-state index in [1.807, 2.05) is 6.07 Å².